The van der Waals surface area contributed by atoms with Crippen molar-refractivity contribution in [2.75, 3.05) is 11.6 Å². The lowest BCUT2D eigenvalue weighted by Gasteiger charge is -2.16. The predicted octanol–water partition coefficient (Wildman–Crippen LogP) is 2.85. The van der Waals surface area contributed by atoms with Gasteiger partial charge >= 0.3 is 5.97 Å². The van der Waals surface area contributed by atoms with Crippen molar-refractivity contribution in [3.8, 4) is 0 Å². The summed E-state index contributed by atoms with van der Waals surface area (Å²) in [5.41, 5.74) is 0.760. The predicted molar refractivity (Wildman–Crippen MR) is 75.3 cm³/mol. The number of nitrogens with one attached hydrogen (secondary N) is 1. The first kappa shape index (κ1) is 13.9. The number of anilines is 1. The van der Waals surface area contributed by atoms with Gasteiger partial charge in [0.05, 0.1) is 17.5 Å². The molecule has 0 spiro atoms. The van der Waals surface area contributed by atoms with Gasteiger partial charge in [0.2, 0.25) is 5.91 Å². The van der Waals surface area contributed by atoms with E-state index in [-0.39, 0.29) is 5.91 Å². The van der Waals surface area contributed by atoms with Gasteiger partial charge in [0, 0.05) is 4.90 Å². The van der Waals surface area contributed by atoms with E-state index in [0.29, 0.717) is 12.8 Å². The number of hydrogen-bond acceptors (Lipinski definition) is 3. The first-order chi connectivity index (χ1) is 9.13. The summed E-state index contributed by atoms with van der Waals surface area (Å²) in [5.74, 6) is -1.99. The topological polar surface area (TPSA) is 66.4 Å². The number of rotatable bonds is 4. The molecule has 0 heterocycles. The zero-order valence-electron chi connectivity index (χ0n) is 10.8. The second kappa shape index (κ2) is 6.10. The van der Waals surface area contributed by atoms with Crippen LogP contribution in [-0.4, -0.2) is 23.2 Å². The molecule has 1 aliphatic carbocycles. The largest absolute Gasteiger partial charge is 0.481 e. The number of carbonyl (C=O) groups is 2. The Labute approximate surface area is 116 Å². The van der Waals surface area contributed by atoms with Crippen molar-refractivity contribution in [2.45, 2.75) is 24.2 Å². The molecule has 2 atom stereocenters. The molecule has 4 nitrogen and oxygen atoms in total. The summed E-state index contributed by atoms with van der Waals surface area (Å²) in [6, 6.07) is 7.55. The molecule has 2 rings (SSSR count). The zero-order valence-corrected chi connectivity index (χ0v) is 11.6. The third-order valence-electron chi connectivity index (χ3n) is 3.53. The number of hydrogen-bond donors (Lipinski definition) is 2. The molecule has 1 aromatic rings. The third kappa shape index (κ3) is 3.10. The van der Waals surface area contributed by atoms with E-state index >= 15 is 0 Å². The number of aliphatic carboxylic acids is 1. The van der Waals surface area contributed by atoms with Crippen molar-refractivity contribution in [1.82, 2.24) is 0 Å². The van der Waals surface area contributed by atoms with E-state index in [1.54, 1.807) is 11.8 Å². The molecule has 19 heavy (non-hydrogen) atoms. The molecule has 1 amide bonds. The lowest BCUT2D eigenvalue weighted by molar-refractivity contribution is -0.145. The number of carboxylic acids is 1. The van der Waals surface area contributed by atoms with Crippen molar-refractivity contribution in [3.63, 3.8) is 0 Å². The molecule has 0 aromatic heterocycles. The highest BCUT2D eigenvalue weighted by Gasteiger charge is 2.37. The Kier molecular flexibility index (Phi) is 4.47. The monoisotopic (exact) mass is 279 g/mol. The Morgan fingerprint density at radius 2 is 1.95 bits per heavy atom. The smallest absolute Gasteiger partial charge is 0.307 e. The van der Waals surface area contributed by atoms with E-state index in [0.717, 1.165) is 17.0 Å². The molecule has 102 valence electrons. The average molecular weight is 279 g/mol. The van der Waals surface area contributed by atoms with Gasteiger partial charge in [0.15, 0.2) is 0 Å². The highest BCUT2D eigenvalue weighted by Crippen LogP contribution is 2.33. The summed E-state index contributed by atoms with van der Waals surface area (Å²) in [5, 5.41) is 12.0. The summed E-state index contributed by atoms with van der Waals surface area (Å²) in [6.45, 7) is 0. The summed E-state index contributed by atoms with van der Waals surface area (Å²) >= 11 is 1.56. The highest BCUT2D eigenvalue weighted by molar-refractivity contribution is 7.98. The maximum absolute atomic E-state index is 12.2. The Morgan fingerprint density at radius 3 is 2.63 bits per heavy atom. The van der Waals surface area contributed by atoms with Crippen LogP contribution < -0.4 is 5.32 Å². The van der Waals surface area contributed by atoms with Crippen LogP contribution >= 0.6 is 11.8 Å². The molecule has 2 N–H and O–H groups in total. The van der Waals surface area contributed by atoms with Crippen LogP contribution in [0.25, 0.3) is 0 Å². The fourth-order valence-electron chi connectivity index (χ4n) is 2.54. The summed E-state index contributed by atoms with van der Waals surface area (Å²) in [7, 11) is 0. The SMILES string of the molecule is CSc1ccccc1NC(=O)C1CCCC1C(=O)O. The van der Waals surface area contributed by atoms with Crippen molar-refractivity contribution in [2.24, 2.45) is 11.8 Å². The minimum atomic E-state index is -0.865. The fourth-order valence-corrected chi connectivity index (χ4v) is 3.10. The van der Waals surface area contributed by atoms with Crippen LogP contribution in [0, 0.1) is 11.8 Å². The molecule has 1 saturated carbocycles. The first-order valence-corrected chi connectivity index (χ1v) is 7.52. The molecule has 1 aromatic carbocycles. The number of carboxylic acid groups (broad SMARTS) is 1. The Bertz CT molecular complexity index is 489. The van der Waals surface area contributed by atoms with E-state index in [9.17, 15) is 9.59 Å². The molecular weight excluding hydrogens is 262 g/mol. The van der Waals surface area contributed by atoms with Crippen molar-refractivity contribution in [3.05, 3.63) is 24.3 Å². The van der Waals surface area contributed by atoms with Crippen molar-refractivity contribution >= 4 is 29.3 Å². The Hall–Kier alpha value is -1.49. The van der Waals surface area contributed by atoms with Crippen LogP contribution in [0.4, 0.5) is 5.69 Å². The minimum absolute atomic E-state index is 0.175. The van der Waals surface area contributed by atoms with Gasteiger partial charge in [-0.2, -0.15) is 0 Å². The fraction of sp³-hybridized carbons (Fsp3) is 0.429. The van der Waals surface area contributed by atoms with E-state index < -0.39 is 17.8 Å². The molecule has 1 fully saturated rings. The van der Waals surface area contributed by atoms with E-state index in [1.807, 2.05) is 30.5 Å². The summed E-state index contributed by atoms with van der Waals surface area (Å²) in [6.07, 6.45) is 4.00. The number of carbonyl (C=O) groups excluding carboxylic acids is 1. The number of thioether (sulfide) groups is 1. The van der Waals surface area contributed by atoms with Gasteiger partial charge in [-0.3, -0.25) is 9.59 Å². The standard InChI is InChI=1S/C14H17NO3S/c1-19-12-8-3-2-7-11(12)15-13(16)9-5-4-6-10(9)14(17)18/h2-3,7-10H,4-6H2,1H3,(H,15,16)(H,17,18). The summed E-state index contributed by atoms with van der Waals surface area (Å²) in [4.78, 5) is 24.3. The quantitative estimate of drug-likeness (QED) is 0.832. The number of amides is 1. The van der Waals surface area contributed by atoms with Gasteiger partial charge in [-0.1, -0.05) is 18.6 Å². The van der Waals surface area contributed by atoms with Crippen LogP contribution in [-0.2, 0) is 9.59 Å². The third-order valence-corrected chi connectivity index (χ3v) is 4.33. The van der Waals surface area contributed by atoms with Gasteiger partial charge in [-0.25, -0.2) is 0 Å². The zero-order chi connectivity index (χ0) is 13.8. The molecule has 0 radical (unpaired) electrons. The second-order valence-electron chi connectivity index (χ2n) is 4.67. The second-order valence-corrected chi connectivity index (χ2v) is 5.52. The van der Waals surface area contributed by atoms with E-state index in [1.165, 1.54) is 0 Å². The summed E-state index contributed by atoms with van der Waals surface area (Å²) < 4.78 is 0. The Balaban J connectivity index is 2.10. The molecule has 2 unspecified atom stereocenters. The van der Waals surface area contributed by atoms with Crippen LogP contribution in [0.3, 0.4) is 0 Å². The molecule has 0 saturated heterocycles. The molecule has 5 heteroatoms. The van der Waals surface area contributed by atoms with Crippen molar-refractivity contribution < 1.29 is 14.7 Å². The molecular formula is C14H17NO3S. The van der Waals surface area contributed by atoms with E-state index in [2.05, 4.69) is 5.32 Å². The normalized spacial score (nSPS) is 22.2. The number of benzene rings is 1. The van der Waals surface area contributed by atoms with Crippen molar-refractivity contribution in [1.29, 1.82) is 0 Å². The molecule has 1 aliphatic rings. The van der Waals surface area contributed by atoms with Crippen LogP contribution in [0.5, 0.6) is 0 Å². The lowest BCUT2D eigenvalue weighted by atomic mass is 9.95. The molecule has 0 aliphatic heterocycles. The van der Waals surface area contributed by atoms with Crippen LogP contribution in [0.15, 0.2) is 29.2 Å². The number of para-hydroxylation sites is 1. The van der Waals surface area contributed by atoms with Crippen LogP contribution in [0.1, 0.15) is 19.3 Å². The maximum atomic E-state index is 12.2. The molecule has 0 bridgehead atoms. The Morgan fingerprint density at radius 1 is 1.26 bits per heavy atom. The minimum Gasteiger partial charge on any atom is -0.481 e. The maximum Gasteiger partial charge on any atom is 0.307 e. The average Bonchev–Trinajstić information content (AvgIpc) is 2.88. The van der Waals surface area contributed by atoms with Gasteiger partial charge in [0.1, 0.15) is 0 Å². The highest BCUT2D eigenvalue weighted by atomic mass is 32.2. The van der Waals surface area contributed by atoms with E-state index in [4.69, 9.17) is 5.11 Å². The first-order valence-electron chi connectivity index (χ1n) is 6.30. The van der Waals surface area contributed by atoms with Gasteiger partial charge in [0.25, 0.3) is 0 Å². The van der Waals surface area contributed by atoms with Gasteiger partial charge in [-0.05, 0) is 31.2 Å². The van der Waals surface area contributed by atoms with Crippen LogP contribution in [0.2, 0.25) is 0 Å². The lowest BCUT2D eigenvalue weighted by Crippen LogP contribution is -2.30. The van der Waals surface area contributed by atoms with Gasteiger partial charge < -0.3 is 10.4 Å². The van der Waals surface area contributed by atoms with Gasteiger partial charge in [-0.15, -0.1) is 11.8 Å².